The summed E-state index contributed by atoms with van der Waals surface area (Å²) in [4.78, 5) is 13.9. The lowest BCUT2D eigenvalue weighted by Gasteiger charge is -2.32. The second kappa shape index (κ2) is 14.4. The van der Waals surface area contributed by atoms with Crippen LogP contribution in [0.5, 0.6) is 0 Å². The maximum Gasteiger partial charge on any atom is 0.207 e. The number of nitriles is 1. The molecule has 1 aliphatic rings. The van der Waals surface area contributed by atoms with Gasteiger partial charge in [-0.2, -0.15) is 5.26 Å². The number of nitrogens with zero attached hydrogens (tertiary/aromatic N) is 2. The molecule has 1 saturated carbocycles. The number of nitrogen functional groups attached to an aromatic ring is 1. The smallest absolute Gasteiger partial charge is 0.207 e. The summed E-state index contributed by atoms with van der Waals surface area (Å²) < 4.78 is 0. The number of carbonyl (C=O) groups excluding carboxylic acids is 1. The Morgan fingerprint density at radius 1 is 1.30 bits per heavy atom. The molecule has 0 aliphatic heterocycles. The van der Waals surface area contributed by atoms with Gasteiger partial charge in [0.15, 0.2) is 0 Å². The molecule has 1 fully saturated rings. The minimum absolute atomic E-state index is 0.111. The Morgan fingerprint density at radius 2 is 1.87 bits per heavy atom. The van der Waals surface area contributed by atoms with Crippen LogP contribution < -0.4 is 11.1 Å². The summed E-state index contributed by atoms with van der Waals surface area (Å²) in [7, 11) is 0. The lowest BCUT2D eigenvalue weighted by atomic mass is 9.84. The van der Waals surface area contributed by atoms with Crippen molar-refractivity contribution in [2.24, 2.45) is 0 Å². The molecule has 3 N–H and O–H groups in total. The Hall–Kier alpha value is -2.53. The predicted molar refractivity (Wildman–Crippen MR) is 95.3 cm³/mol. The fourth-order valence-electron chi connectivity index (χ4n) is 2.09. The largest absolute Gasteiger partial charge is 0.384 e. The molecule has 0 spiro atoms. The van der Waals surface area contributed by atoms with Gasteiger partial charge < -0.3 is 11.1 Å². The Labute approximate surface area is 140 Å². The molecule has 1 aromatic rings. The van der Waals surface area contributed by atoms with E-state index in [1.54, 1.807) is 12.1 Å². The van der Waals surface area contributed by atoms with E-state index in [0.29, 0.717) is 11.4 Å². The normalized spacial score (nSPS) is 13.9. The second-order valence-corrected chi connectivity index (χ2v) is 4.97. The molecule has 5 nitrogen and oxygen atoms in total. The van der Waals surface area contributed by atoms with Crippen molar-refractivity contribution < 1.29 is 4.79 Å². The van der Waals surface area contributed by atoms with Gasteiger partial charge in [0.25, 0.3) is 0 Å². The molecule has 1 amide bonds. The van der Waals surface area contributed by atoms with Gasteiger partial charge in [-0.1, -0.05) is 33.1 Å². The standard InChI is InChI=1S/C8H15NO.C6H5N3.C2H6.C2H2/c1-8(9-7-10)5-3-2-4-6-8;7-3-5-1-2-6(8)9-4-5;2*1-2/h7H,2-6H2,1H3,(H,9,10);1-2,4H,(H2,8,9);1-2H3;1-2H. The first-order chi connectivity index (χ1) is 11.1. The van der Waals surface area contributed by atoms with Gasteiger partial charge in [0.1, 0.15) is 11.9 Å². The molecular formula is C18H28N4O. The Kier molecular flexibility index (Phi) is 14.3. The highest BCUT2D eigenvalue weighted by atomic mass is 16.1. The van der Waals surface area contributed by atoms with Crippen molar-refractivity contribution in [3.8, 4) is 18.9 Å². The van der Waals surface area contributed by atoms with Gasteiger partial charge in [-0.05, 0) is 31.9 Å². The molecule has 0 radical (unpaired) electrons. The number of carbonyl (C=O) groups is 1. The molecule has 1 aromatic heterocycles. The van der Waals surface area contributed by atoms with E-state index in [2.05, 4.69) is 30.1 Å². The summed E-state index contributed by atoms with van der Waals surface area (Å²) >= 11 is 0. The average Bonchev–Trinajstić information content (AvgIpc) is 2.60. The van der Waals surface area contributed by atoms with Gasteiger partial charge in [0, 0.05) is 11.7 Å². The van der Waals surface area contributed by atoms with Crippen LogP contribution in [-0.2, 0) is 4.79 Å². The number of hydrogen-bond acceptors (Lipinski definition) is 4. The molecule has 126 valence electrons. The predicted octanol–water partition coefficient (Wildman–Crippen LogP) is 3.27. The van der Waals surface area contributed by atoms with E-state index in [1.807, 2.05) is 19.9 Å². The van der Waals surface area contributed by atoms with Gasteiger partial charge in [-0.25, -0.2) is 4.98 Å². The highest BCUT2D eigenvalue weighted by molar-refractivity contribution is 5.47. The van der Waals surface area contributed by atoms with Gasteiger partial charge in [-0.15, -0.1) is 12.8 Å². The summed E-state index contributed by atoms with van der Waals surface area (Å²) in [6.07, 6.45) is 16.4. The average molecular weight is 316 g/mol. The molecule has 0 aromatic carbocycles. The van der Waals surface area contributed by atoms with Crippen LogP contribution in [0.1, 0.15) is 58.4 Å². The van der Waals surface area contributed by atoms with Crippen molar-refractivity contribution in [2.75, 3.05) is 5.73 Å². The summed E-state index contributed by atoms with van der Waals surface area (Å²) in [6, 6.07) is 5.16. The van der Waals surface area contributed by atoms with Crippen molar-refractivity contribution in [1.29, 1.82) is 5.26 Å². The van der Waals surface area contributed by atoms with E-state index in [1.165, 1.54) is 25.5 Å². The van der Waals surface area contributed by atoms with Crippen LogP contribution in [0.3, 0.4) is 0 Å². The van der Waals surface area contributed by atoms with Crippen LogP contribution in [-0.4, -0.2) is 16.9 Å². The van der Waals surface area contributed by atoms with E-state index in [0.717, 1.165) is 19.3 Å². The highest BCUT2D eigenvalue weighted by Gasteiger charge is 2.25. The number of aromatic nitrogens is 1. The zero-order chi connectivity index (χ0) is 18.1. The number of hydrogen-bond donors (Lipinski definition) is 2. The van der Waals surface area contributed by atoms with Crippen molar-refractivity contribution in [3.05, 3.63) is 23.9 Å². The summed E-state index contributed by atoms with van der Waals surface area (Å²) in [5.74, 6) is 0.439. The number of nitrogens with one attached hydrogen (secondary N) is 1. The Morgan fingerprint density at radius 3 is 2.26 bits per heavy atom. The first-order valence-electron chi connectivity index (χ1n) is 7.76. The van der Waals surface area contributed by atoms with Crippen molar-refractivity contribution in [1.82, 2.24) is 10.3 Å². The maximum absolute atomic E-state index is 10.2. The molecule has 1 heterocycles. The zero-order valence-corrected chi connectivity index (χ0v) is 14.4. The first kappa shape index (κ1) is 22.7. The summed E-state index contributed by atoms with van der Waals surface area (Å²) in [5, 5.41) is 11.2. The summed E-state index contributed by atoms with van der Waals surface area (Å²) in [6.45, 7) is 6.13. The number of nitrogens with two attached hydrogens (primary N) is 1. The molecule has 2 rings (SSSR count). The lowest BCUT2D eigenvalue weighted by Crippen LogP contribution is -2.42. The quantitative estimate of drug-likeness (QED) is 0.647. The van der Waals surface area contributed by atoms with Crippen LogP contribution in [0.2, 0.25) is 0 Å². The third-order valence-corrected chi connectivity index (χ3v) is 3.28. The Balaban J connectivity index is 0. The van der Waals surface area contributed by atoms with E-state index in [9.17, 15) is 4.79 Å². The molecule has 5 heteroatoms. The van der Waals surface area contributed by atoms with Crippen LogP contribution in [0.15, 0.2) is 18.3 Å². The van der Waals surface area contributed by atoms with Crippen LogP contribution >= 0.6 is 0 Å². The van der Waals surface area contributed by atoms with Gasteiger partial charge >= 0.3 is 0 Å². The van der Waals surface area contributed by atoms with Crippen LogP contribution in [0, 0.1) is 24.2 Å². The van der Waals surface area contributed by atoms with Gasteiger partial charge in [0.05, 0.1) is 5.56 Å². The molecular weight excluding hydrogens is 288 g/mol. The van der Waals surface area contributed by atoms with Crippen molar-refractivity contribution >= 4 is 12.2 Å². The van der Waals surface area contributed by atoms with Gasteiger partial charge in [-0.3, -0.25) is 4.79 Å². The minimum atomic E-state index is 0.111. The fourth-order valence-corrected chi connectivity index (χ4v) is 2.09. The SMILES string of the molecule is C#C.CC.CC1(NC=O)CCCCC1.N#Cc1ccc(N)nc1. The van der Waals surface area contributed by atoms with Crippen molar-refractivity contribution in [2.45, 2.75) is 58.4 Å². The van der Waals surface area contributed by atoms with E-state index < -0.39 is 0 Å². The zero-order valence-electron chi connectivity index (χ0n) is 14.4. The topological polar surface area (TPSA) is 91.8 Å². The molecule has 0 bridgehead atoms. The first-order valence-corrected chi connectivity index (χ1v) is 7.76. The third-order valence-electron chi connectivity index (χ3n) is 3.28. The molecule has 0 atom stereocenters. The van der Waals surface area contributed by atoms with Crippen LogP contribution in [0.25, 0.3) is 0 Å². The number of pyridine rings is 1. The van der Waals surface area contributed by atoms with E-state index >= 15 is 0 Å². The number of rotatable bonds is 2. The fraction of sp³-hybridized carbons (Fsp3) is 0.500. The number of anilines is 1. The third kappa shape index (κ3) is 10.8. The molecule has 0 saturated heterocycles. The maximum atomic E-state index is 10.2. The lowest BCUT2D eigenvalue weighted by molar-refractivity contribution is -0.111. The molecule has 0 unspecified atom stereocenters. The monoisotopic (exact) mass is 316 g/mol. The number of amides is 1. The minimum Gasteiger partial charge on any atom is -0.384 e. The van der Waals surface area contributed by atoms with Gasteiger partial charge in [0.2, 0.25) is 6.41 Å². The van der Waals surface area contributed by atoms with E-state index in [-0.39, 0.29) is 5.54 Å². The number of terminal acetylenes is 1. The molecule has 1 aliphatic carbocycles. The van der Waals surface area contributed by atoms with E-state index in [4.69, 9.17) is 11.0 Å². The second-order valence-electron chi connectivity index (χ2n) is 4.97. The van der Waals surface area contributed by atoms with Crippen molar-refractivity contribution in [3.63, 3.8) is 0 Å². The highest BCUT2D eigenvalue weighted by Crippen LogP contribution is 2.26. The summed E-state index contributed by atoms with van der Waals surface area (Å²) in [5.41, 5.74) is 5.90. The Bertz CT molecular complexity index is 468. The van der Waals surface area contributed by atoms with Crippen LogP contribution in [0.4, 0.5) is 5.82 Å². The molecule has 23 heavy (non-hydrogen) atoms.